The summed E-state index contributed by atoms with van der Waals surface area (Å²) >= 11 is 0. The second-order valence-corrected chi connectivity index (χ2v) is 6.54. The van der Waals surface area contributed by atoms with Gasteiger partial charge in [0.1, 0.15) is 11.6 Å². The number of nitrogens with zero attached hydrogens (tertiary/aromatic N) is 1. The predicted molar refractivity (Wildman–Crippen MR) is 93.9 cm³/mol. The first kappa shape index (κ1) is 16.7. The number of hydrogen-bond acceptors (Lipinski definition) is 4. The fourth-order valence-corrected chi connectivity index (χ4v) is 3.32. The Kier molecular flexibility index (Phi) is 4.41. The molecule has 136 valence electrons. The molecule has 2 aliphatic heterocycles. The molecule has 0 radical (unpaired) electrons. The summed E-state index contributed by atoms with van der Waals surface area (Å²) in [6.45, 7) is 3.41. The molecule has 2 heterocycles. The van der Waals surface area contributed by atoms with E-state index in [2.05, 4.69) is 0 Å². The van der Waals surface area contributed by atoms with Crippen molar-refractivity contribution in [2.24, 2.45) is 0 Å². The van der Waals surface area contributed by atoms with Gasteiger partial charge in [0.2, 0.25) is 6.79 Å². The first-order valence-electron chi connectivity index (χ1n) is 8.76. The van der Waals surface area contributed by atoms with E-state index in [1.807, 2.05) is 6.07 Å². The standard InChI is InChI=1S/C20H20FNO4/c1-13(20(23)22-6-2-3-7-22)26-17-9-15(8-16(21)11-17)14-4-5-18-19(10-14)25-12-24-18/h4-5,8-11,13H,2-3,6-7,12H2,1H3. The highest BCUT2D eigenvalue weighted by Crippen LogP contribution is 2.37. The van der Waals surface area contributed by atoms with E-state index in [1.54, 1.807) is 30.0 Å². The molecule has 1 fully saturated rings. The second kappa shape index (κ2) is 6.86. The van der Waals surface area contributed by atoms with Crippen LogP contribution in [0.5, 0.6) is 17.2 Å². The summed E-state index contributed by atoms with van der Waals surface area (Å²) in [5, 5.41) is 0. The van der Waals surface area contributed by atoms with Crippen molar-refractivity contribution in [1.29, 1.82) is 0 Å². The van der Waals surface area contributed by atoms with E-state index in [4.69, 9.17) is 14.2 Å². The maximum absolute atomic E-state index is 14.1. The lowest BCUT2D eigenvalue weighted by Gasteiger charge is -2.21. The summed E-state index contributed by atoms with van der Waals surface area (Å²) in [6, 6.07) is 9.89. The molecule has 1 atom stereocenters. The number of amides is 1. The van der Waals surface area contributed by atoms with Crippen LogP contribution in [0.1, 0.15) is 19.8 Å². The zero-order valence-electron chi connectivity index (χ0n) is 14.5. The maximum atomic E-state index is 14.1. The van der Waals surface area contributed by atoms with E-state index in [-0.39, 0.29) is 12.7 Å². The third-order valence-electron chi connectivity index (χ3n) is 4.66. The number of fused-ring (bicyclic) bond motifs is 1. The first-order valence-corrected chi connectivity index (χ1v) is 8.76. The molecule has 4 rings (SSSR count). The number of ether oxygens (including phenoxy) is 3. The number of halogens is 1. The molecule has 2 aromatic rings. The Morgan fingerprint density at radius 3 is 2.65 bits per heavy atom. The largest absolute Gasteiger partial charge is 0.481 e. The van der Waals surface area contributed by atoms with Crippen LogP contribution >= 0.6 is 0 Å². The lowest BCUT2D eigenvalue weighted by molar-refractivity contribution is -0.136. The van der Waals surface area contributed by atoms with Crippen molar-refractivity contribution in [2.75, 3.05) is 19.9 Å². The van der Waals surface area contributed by atoms with Gasteiger partial charge in [-0.2, -0.15) is 0 Å². The van der Waals surface area contributed by atoms with Crippen LogP contribution < -0.4 is 14.2 Å². The average Bonchev–Trinajstić information content (AvgIpc) is 3.31. The molecule has 0 bridgehead atoms. The normalized spacial score (nSPS) is 16.6. The highest BCUT2D eigenvalue weighted by Gasteiger charge is 2.25. The van der Waals surface area contributed by atoms with Crippen LogP contribution in [-0.2, 0) is 4.79 Å². The van der Waals surface area contributed by atoms with Gasteiger partial charge in [0, 0.05) is 19.2 Å². The van der Waals surface area contributed by atoms with Gasteiger partial charge in [-0.25, -0.2) is 4.39 Å². The van der Waals surface area contributed by atoms with E-state index in [9.17, 15) is 9.18 Å². The summed E-state index contributed by atoms with van der Waals surface area (Å²) in [4.78, 5) is 14.2. The van der Waals surface area contributed by atoms with Crippen molar-refractivity contribution in [3.63, 3.8) is 0 Å². The second-order valence-electron chi connectivity index (χ2n) is 6.54. The third-order valence-corrected chi connectivity index (χ3v) is 4.66. The van der Waals surface area contributed by atoms with Gasteiger partial charge in [0.05, 0.1) is 0 Å². The van der Waals surface area contributed by atoms with Gasteiger partial charge in [-0.3, -0.25) is 4.79 Å². The molecule has 1 unspecified atom stereocenters. The molecule has 1 saturated heterocycles. The van der Waals surface area contributed by atoms with Gasteiger partial charge in [-0.15, -0.1) is 0 Å². The van der Waals surface area contributed by atoms with Crippen molar-refractivity contribution in [3.05, 3.63) is 42.2 Å². The van der Waals surface area contributed by atoms with E-state index < -0.39 is 11.9 Å². The Labute approximate surface area is 151 Å². The van der Waals surface area contributed by atoms with Gasteiger partial charge in [0.15, 0.2) is 17.6 Å². The van der Waals surface area contributed by atoms with E-state index in [1.165, 1.54) is 12.1 Å². The molecule has 0 N–H and O–H groups in total. The van der Waals surface area contributed by atoms with Gasteiger partial charge in [-0.1, -0.05) is 6.07 Å². The molecule has 6 heteroatoms. The molecule has 26 heavy (non-hydrogen) atoms. The minimum atomic E-state index is -0.653. The topological polar surface area (TPSA) is 48.0 Å². The number of carbonyl (C=O) groups is 1. The van der Waals surface area contributed by atoms with Gasteiger partial charge in [0.25, 0.3) is 5.91 Å². The Morgan fingerprint density at radius 1 is 1.08 bits per heavy atom. The monoisotopic (exact) mass is 357 g/mol. The summed E-state index contributed by atoms with van der Waals surface area (Å²) < 4.78 is 30.5. The van der Waals surface area contributed by atoms with Crippen LogP contribution in [0.15, 0.2) is 36.4 Å². The van der Waals surface area contributed by atoms with Crippen LogP contribution in [0.3, 0.4) is 0 Å². The van der Waals surface area contributed by atoms with Crippen molar-refractivity contribution >= 4 is 5.91 Å². The van der Waals surface area contributed by atoms with Crippen molar-refractivity contribution in [3.8, 4) is 28.4 Å². The summed E-state index contributed by atoms with van der Waals surface area (Å²) in [5.74, 6) is 1.16. The molecule has 0 aliphatic carbocycles. The molecular formula is C20H20FNO4. The minimum Gasteiger partial charge on any atom is -0.481 e. The molecule has 2 aromatic carbocycles. The van der Waals surface area contributed by atoms with Crippen LogP contribution in [-0.4, -0.2) is 36.8 Å². The summed E-state index contributed by atoms with van der Waals surface area (Å²) in [6.07, 6.45) is 1.39. The third kappa shape index (κ3) is 3.31. The SMILES string of the molecule is CC(Oc1cc(F)cc(-c2ccc3c(c2)OCO3)c1)C(=O)N1CCCC1. The number of carbonyl (C=O) groups excluding carboxylic acids is 1. The fourth-order valence-electron chi connectivity index (χ4n) is 3.32. The van der Waals surface area contributed by atoms with Crippen LogP contribution in [0.25, 0.3) is 11.1 Å². The Bertz CT molecular complexity index is 833. The molecular weight excluding hydrogens is 337 g/mol. The fraction of sp³-hybridized carbons (Fsp3) is 0.350. The quantitative estimate of drug-likeness (QED) is 0.839. The van der Waals surface area contributed by atoms with Gasteiger partial charge < -0.3 is 19.1 Å². The highest BCUT2D eigenvalue weighted by atomic mass is 19.1. The number of likely N-dealkylation sites (tertiary alicyclic amines) is 1. The van der Waals surface area contributed by atoms with Gasteiger partial charge >= 0.3 is 0 Å². The molecule has 1 amide bonds. The lowest BCUT2D eigenvalue weighted by atomic mass is 10.0. The van der Waals surface area contributed by atoms with E-state index in [0.717, 1.165) is 31.5 Å². The lowest BCUT2D eigenvalue weighted by Crippen LogP contribution is -2.38. The zero-order chi connectivity index (χ0) is 18.1. The summed E-state index contributed by atoms with van der Waals surface area (Å²) in [7, 11) is 0. The molecule has 0 aromatic heterocycles. The van der Waals surface area contributed by atoms with Crippen molar-refractivity contribution < 1.29 is 23.4 Å². The molecule has 2 aliphatic rings. The van der Waals surface area contributed by atoms with Crippen LogP contribution in [0.2, 0.25) is 0 Å². The summed E-state index contributed by atoms with van der Waals surface area (Å²) in [5.41, 5.74) is 1.44. The maximum Gasteiger partial charge on any atom is 0.263 e. The van der Waals surface area contributed by atoms with E-state index in [0.29, 0.717) is 22.8 Å². The minimum absolute atomic E-state index is 0.0589. The number of rotatable bonds is 4. The molecule has 0 spiro atoms. The Balaban J connectivity index is 1.55. The highest BCUT2D eigenvalue weighted by molar-refractivity contribution is 5.81. The molecule has 0 saturated carbocycles. The van der Waals surface area contributed by atoms with Crippen LogP contribution in [0, 0.1) is 5.82 Å². The Hall–Kier alpha value is -2.76. The number of benzene rings is 2. The smallest absolute Gasteiger partial charge is 0.263 e. The van der Waals surface area contributed by atoms with Gasteiger partial charge in [-0.05, 0) is 55.2 Å². The predicted octanol–water partition coefficient (Wildman–Crippen LogP) is 3.61. The van der Waals surface area contributed by atoms with E-state index >= 15 is 0 Å². The number of hydrogen-bond donors (Lipinski definition) is 0. The zero-order valence-corrected chi connectivity index (χ0v) is 14.5. The first-order chi connectivity index (χ1) is 12.6. The Morgan fingerprint density at radius 2 is 1.85 bits per heavy atom. The van der Waals surface area contributed by atoms with Crippen molar-refractivity contribution in [2.45, 2.75) is 25.9 Å². The molecule has 5 nitrogen and oxygen atoms in total. The van der Waals surface area contributed by atoms with Crippen molar-refractivity contribution in [1.82, 2.24) is 4.90 Å². The van der Waals surface area contributed by atoms with Crippen LogP contribution in [0.4, 0.5) is 4.39 Å². The average molecular weight is 357 g/mol.